The number of amides is 2. The zero-order chi connectivity index (χ0) is 15.4. The fourth-order valence-electron chi connectivity index (χ4n) is 2.89. The van der Waals surface area contributed by atoms with Crippen molar-refractivity contribution in [3.63, 3.8) is 0 Å². The minimum absolute atomic E-state index is 0.134. The average molecular weight is 304 g/mol. The molecule has 0 aromatic carbocycles. The second-order valence-electron chi connectivity index (χ2n) is 6.28. The third kappa shape index (κ3) is 3.87. The molecule has 2 amide bonds. The molecule has 3 rings (SSSR count). The highest BCUT2D eigenvalue weighted by molar-refractivity contribution is 5.92. The number of carbonyl (C=O) groups is 2. The summed E-state index contributed by atoms with van der Waals surface area (Å²) >= 11 is 0. The molecular weight excluding hydrogens is 280 g/mol. The quantitative estimate of drug-likeness (QED) is 0.787. The van der Waals surface area contributed by atoms with Crippen LogP contribution in [0.25, 0.3) is 0 Å². The van der Waals surface area contributed by atoms with Gasteiger partial charge in [-0.05, 0) is 38.2 Å². The molecule has 6 nitrogen and oxygen atoms in total. The number of hydrogen-bond donors (Lipinski definition) is 2. The first kappa shape index (κ1) is 15.1. The van der Waals surface area contributed by atoms with Crippen LogP contribution >= 0.6 is 0 Å². The highest BCUT2D eigenvalue weighted by atomic mass is 16.2. The van der Waals surface area contributed by atoms with Crippen molar-refractivity contribution in [2.45, 2.75) is 50.9 Å². The van der Waals surface area contributed by atoms with Crippen LogP contribution in [0, 0.1) is 0 Å². The molecule has 0 radical (unpaired) electrons. The Morgan fingerprint density at radius 3 is 3.05 bits per heavy atom. The molecule has 6 heteroatoms. The van der Waals surface area contributed by atoms with E-state index in [9.17, 15) is 9.59 Å². The highest BCUT2D eigenvalue weighted by Gasteiger charge is 2.26. The van der Waals surface area contributed by atoms with E-state index < -0.39 is 0 Å². The molecule has 0 unspecified atom stereocenters. The second kappa shape index (κ2) is 6.94. The van der Waals surface area contributed by atoms with E-state index >= 15 is 0 Å². The lowest BCUT2D eigenvalue weighted by atomic mass is 10.2. The number of H-pyrrole nitrogens is 1. The predicted molar refractivity (Wildman–Crippen MR) is 82.6 cm³/mol. The van der Waals surface area contributed by atoms with Gasteiger partial charge in [0, 0.05) is 37.7 Å². The van der Waals surface area contributed by atoms with E-state index in [-0.39, 0.29) is 11.8 Å². The molecule has 1 aromatic rings. The van der Waals surface area contributed by atoms with Crippen LogP contribution in [-0.2, 0) is 4.79 Å². The van der Waals surface area contributed by atoms with E-state index in [1.165, 1.54) is 12.8 Å². The molecule has 0 spiro atoms. The van der Waals surface area contributed by atoms with E-state index in [0.717, 1.165) is 44.5 Å². The molecule has 120 valence electrons. The van der Waals surface area contributed by atoms with Crippen LogP contribution in [0.3, 0.4) is 0 Å². The number of likely N-dealkylation sites (tertiary alicyclic amines) is 1. The van der Waals surface area contributed by atoms with Crippen LogP contribution in [0.5, 0.6) is 0 Å². The summed E-state index contributed by atoms with van der Waals surface area (Å²) in [5.74, 6) is 0.693. The zero-order valence-electron chi connectivity index (χ0n) is 12.9. The summed E-state index contributed by atoms with van der Waals surface area (Å²) in [6, 6.07) is 1.85. The Kier molecular flexibility index (Phi) is 4.75. The SMILES string of the molecule is O=C(NCCCN1CCCCCC1=O)c1cc(C2CC2)[nH]n1. The number of aromatic nitrogens is 2. The minimum atomic E-state index is -0.134. The Bertz CT molecular complexity index is 536. The summed E-state index contributed by atoms with van der Waals surface area (Å²) in [6.07, 6.45) is 7.08. The van der Waals surface area contributed by atoms with Crippen molar-refractivity contribution in [3.8, 4) is 0 Å². The number of carbonyl (C=O) groups excluding carboxylic acids is 2. The zero-order valence-corrected chi connectivity index (χ0v) is 12.9. The molecule has 2 N–H and O–H groups in total. The van der Waals surface area contributed by atoms with Crippen molar-refractivity contribution in [2.75, 3.05) is 19.6 Å². The van der Waals surface area contributed by atoms with Gasteiger partial charge in [-0.25, -0.2) is 0 Å². The average Bonchev–Trinajstić information content (AvgIpc) is 3.28. The van der Waals surface area contributed by atoms with E-state index in [4.69, 9.17) is 0 Å². The van der Waals surface area contributed by atoms with E-state index in [1.54, 1.807) is 0 Å². The molecule has 2 heterocycles. The van der Waals surface area contributed by atoms with Gasteiger partial charge in [0.1, 0.15) is 5.69 Å². The number of aromatic amines is 1. The van der Waals surface area contributed by atoms with Crippen LogP contribution in [0.2, 0.25) is 0 Å². The second-order valence-corrected chi connectivity index (χ2v) is 6.28. The minimum Gasteiger partial charge on any atom is -0.351 e. The van der Waals surface area contributed by atoms with Crippen molar-refractivity contribution in [3.05, 3.63) is 17.5 Å². The van der Waals surface area contributed by atoms with Gasteiger partial charge in [0.2, 0.25) is 5.91 Å². The fraction of sp³-hybridized carbons (Fsp3) is 0.688. The Labute approximate surface area is 130 Å². The van der Waals surface area contributed by atoms with E-state index in [0.29, 0.717) is 24.6 Å². The van der Waals surface area contributed by atoms with Gasteiger partial charge in [-0.2, -0.15) is 5.10 Å². The Morgan fingerprint density at radius 2 is 2.23 bits per heavy atom. The number of rotatable bonds is 6. The lowest BCUT2D eigenvalue weighted by Crippen LogP contribution is -2.34. The van der Waals surface area contributed by atoms with Gasteiger partial charge < -0.3 is 10.2 Å². The number of nitrogens with one attached hydrogen (secondary N) is 2. The van der Waals surface area contributed by atoms with Crippen molar-refractivity contribution in [2.24, 2.45) is 0 Å². The summed E-state index contributed by atoms with van der Waals surface area (Å²) < 4.78 is 0. The van der Waals surface area contributed by atoms with Gasteiger partial charge in [-0.3, -0.25) is 14.7 Å². The first-order chi connectivity index (χ1) is 10.7. The molecule has 2 fully saturated rings. The smallest absolute Gasteiger partial charge is 0.271 e. The van der Waals surface area contributed by atoms with Crippen LogP contribution in [0.4, 0.5) is 0 Å². The Balaban J connectivity index is 1.38. The van der Waals surface area contributed by atoms with Crippen LogP contribution in [0.1, 0.15) is 67.0 Å². The molecule has 1 saturated carbocycles. The van der Waals surface area contributed by atoms with Crippen molar-refractivity contribution in [1.82, 2.24) is 20.4 Å². The lowest BCUT2D eigenvalue weighted by Gasteiger charge is -2.20. The molecule has 0 bridgehead atoms. The number of hydrogen-bond acceptors (Lipinski definition) is 3. The molecule has 1 aromatic heterocycles. The molecular formula is C16H24N4O2. The fourth-order valence-corrected chi connectivity index (χ4v) is 2.89. The third-order valence-corrected chi connectivity index (χ3v) is 4.41. The largest absolute Gasteiger partial charge is 0.351 e. The predicted octanol–water partition coefficient (Wildman–Crippen LogP) is 1.81. The van der Waals surface area contributed by atoms with Gasteiger partial charge in [0.15, 0.2) is 0 Å². The monoisotopic (exact) mass is 304 g/mol. The van der Waals surface area contributed by atoms with Crippen molar-refractivity contribution in [1.29, 1.82) is 0 Å². The molecule has 1 saturated heterocycles. The lowest BCUT2D eigenvalue weighted by molar-refractivity contribution is -0.130. The number of nitrogens with zero attached hydrogens (tertiary/aromatic N) is 2. The molecule has 1 aliphatic carbocycles. The normalized spacial score (nSPS) is 19.1. The molecule has 22 heavy (non-hydrogen) atoms. The van der Waals surface area contributed by atoms with E-state index in [1.807, 2.05) is 11.0 Å². The Hall–Kier alpha value is -1.85. The van der Waals surface area contributed by atoms with E-state index in [2.05, 4.69) is 15.5 Å². The highest BCUT2D eigenvalue weighted by Crippen LogP contribution is 2.38. The van der Waals surface area contributed by atoms with Gasteiger partial charge >= 0.3 is 0 Å². The first-order valence-corrected chi connectivity index (χ1v) is 8.35. The van der Waals surface area contributed by atoms with Gasteiger partial charge in [0.05, 0.1) is 0 Å². The van der Waals surface area contributed by atoms with Gasteiger partial charge in [-0.1, -0.05) is 6.42 Å². The van der Waals surface area contributed by atoms with Crippen LogP contribution in [-0.4, -0.2) is 46.5 Å². The van der Waals surface area contributed by atoms with Crippen LogP contribution in [0.15, 0.2) is 6.07 Å². The molecule has 1 aliphatic heterocycles. The van der Waals surface area contributed by atoms with Gasteiger partial charge in [-0.15, -0.1) is 0 Å². The standard InChI is InChI=1S/C16H24N4O2/c21-15-5-2-1-3-9-20(15)10-4-8-17-16(22)14-11-13(18-19-14)12-6-7-12/h11-12H,1-10H2,(H,17,22)(H,18,19). The molecule has 0 atom stereocenters. The van der Waals surface area contributed by atoms with Crippen molar-refractivity contribution < 1.29 is 9.59 Å². The third-order valence-electron chi connectivity index (χ3n) is 4.41. The van der Waals surface area contributed by atoms with Crippen LogP contribution < -0.4 is 5.32 Å². The topological polar surface area (TPSA) is 78.1 Å². The maximum Gasteiger partial charge on any atom is 0.271 e. The summed E-state index contributed by atoms with van der Waals surface area (Å²) in [7, 11) is 0. The first-order valence-electron chi connectivity index (χ1n) is 8.35. The summed E-state index contributed by atoms with van der Waals surface area (Å²) in [4.78, 5) is 25.8. The molecule has 2 aliphatic rings. The summed E-state index contributed by atoms with van der Waals surface area (Å²) in [5.41, 5.74) is 1.54. The maximum atomic E-state index is 12.0. The Morgan fingerprint density at radius 1 is 1.36 bits per heavy atom. The summed E-state index contributed by atoms with van der Waals surface area (Å²) in [5, 5.41) is 9.89. The van der Waals surface area contributed by atoms with Crippen molar-refractivity contribution >= 4 is 11.8 Å². The summed E-state index contributed by atoms with van der Waals surface area (Å²) in [6.45, 7) is 2.16. The van der Waals surface area contributed by atoms with Gasteiger partial charge in [0.25, 0.3) is 5.91 Å². The maximum absolute atomic E-state index is 12.0.